The molecule has 1 aromatic rings. The van der Waals surface area contributed by atoms with Crippen molar-refractivity contribution in [1.29, 1.82) is 0 Å². The van der Waals surface area contributed by atoms with E-state index in [0.29, 0.717) is 29.4 Å². The first-order valence-corrected chi connectivity index (χ1v) is 6.42. The highest BCUT2D eigenvalue weighted by molar-refractivity contribution is 6.32. The summed E-state index contributed by atoms with van der Waals surface area (Å²) in [6, 6.07) is 5.19. The number of amides is 1. The number of rotatable bonds is 5. The number of hydrogen-bond donors (Lipinski definition) is 2. The molecule has 0 aliphatic carbocycles. The molecule has 0 fully saturated rings. The molecule has 0 bridgehead atoms. The molecular weight excluding hydrogens is 280 g/mol. The van der Waals surface area contributed by atoms with Crippen molar-refractivity contribution in [2.24, 2.45) is 10.7 Å². The van der Waals surface area contributed by atoms with Crippen molar-refractivity contribution in [3.63, 3.8) is 0 Å². The Bertz CT molecular complexity index is 503. The van der Waals surface area contributed by atoms with Crippen LogP contribution in [-0.4, -0.2) is 44.5 Å². The van der Waals surface area contributed by atoms with Crippen molar-refractivity contribution < 1.29 is 9.53 Å². The molecule has 1 amide bonds. The Morgan fingerprint density at radius 2 is 2.20 bits per heavy atom. The quantitative estimate of drug-likeness (QED) is 0.638. The molecule has 20 heavy (non-hydrogen) atoms. The Kier molecular flexibility index (Phi) is 6.11. The van der Waals surface area contributed by atoms with Crippen molar-refractivity contribution in [3.8, 4) is 5.75 Å². The Morgan fingerprint density at radius 1 is 1.50 bits per heavy atom. The van der Waals surface area contributed by atoms with Gasteiger partial charge in [-0.2, -0.15) is 0 Å². The lowest BCUT2D eigenvalue weighted by Gasteiger charge is -2.10. The Balaban J connectivity index is 2.55. The Hall–Kier alpha value is -1.95. The van der Waals surface area contributed by atoms with Crippen LogP contribution in [0, 0.1) is 0 Å². The summed E-state index contributed by atoms with van der Waals surface area (Å²) in [5.74, 6) is 0.830. The smallest absolute Gasteiger partial charge is 0.223 e. The summed E-state index contributed by atoms with van der Waals surface area (Å²) in [6.07, 6.45) is 0.318. The zero-order valence-electron chi connectivity index (χ0n) is 11.8. The average Bonchev–Trinajstić information content (AvgIpc) is 2.38. The first-order valence-electron chi connectivity index (χ1n) is 6.04. The summed E-state index contributed by atoms with van der Waals surface area (Å²) in [6.45, 7) is 0.333. The summed E-state index contributed by atoms with van der Waals surface area (Å²) in [7, 11) is 4.95. The van der Waals surface area contributed by atoms with Crippen molar-refractivity contribution in [3.05, 3.63) is 23.2 Å². The highest BCUT2D eigenvalue weighted by atomic mass is 35.5. The van der Waals surface area contributed by atoms with Crippen LogP contribution in [0.1, 0.15) is 6.42 Å². The zero-order chi connectivity index (χ0) is 15.1. The van der Waals surface area contributed by atoms with E-state index in [0.717, 1.165) is 0 Å². The molecule has 0 saturated heterocycles. The van der Waals surface area contributed by atoms with Crippen molar-refractivity contribution in [1.82, 2.24) is 4.90 Å². The minimum Gasteiger partial charge on any atom is -0.495 e. The third-order valence-electron chi connectivity index (χ3n) is 2.53. The fourth-order valence-corrected chi connectivity index (χ4v) is 1.68. The molecule has 0 saturated carbocycles. The average molecular weight is 299 g/mol. The lowest BCUT2D eigenvalue weighted by molar-refractivity contribution is -0.128. The van der Waals surface area contributed by atoms with Crippen molar-refractivity contribution in [2.45, 2.75) is 6.42 Å². The molecule has 1 aromatic carbocycles. The molecule has 0 aromatic heterocycles. The molecule has 110 valence electrons. The molecule has 6 nitrogen and oxygen atoms in total. The second-order valence-electron chi connectivity index (χ2n) is 4.28. The van der Waals surface area contributed by atoms with Crippen LogP contribution in [0.2, 0.25) is 5.02 Å². The lowest BCUT2D eigenvalue weighted by Crippen LogP contribution is -2.25. The lowest BCUT2D eigenvalue weighted by atomic mass is 10.3. The van der Waals surface area contributed by atoms with Crippen molar-refractivity contribution >= 4 is 29.2 Å². The van der Waals surface area contributed by atoms with Gasteiger partial charge in [-0.25, -0.2) is 0 Å². The van der Waals surface area contributed by atoms with Gasteiger partial charge >= 0.3 is 0 Å². The van der Waals surface area contributed by atoms with Crippen LogP contribution in [0.15, 0.2) is 23.2 Å². The number of carbonyl (C=O) groups is 1. The van der Waals surface area contributed by atoms with Crippen LogP contribution in [-0.2, 0) is 4.79 Å². The van der Waals surface area contributed by atoms with E-state index < -0.39 is 0 Å². The molecule has 0 heterocycles. The molecule has 0 atom stereocenters. The van der Waals surface area contributed by atoms with Crippen LogP contribution < -0.4 is 15.8 Å². The maximum atomic E-state index is 11.4. The number of carbonyl (C=O) groups excluding carboxylic acids is 1. The van der Waals surface area contributed by atoms with E-state index in [9.17, 15) is 4.79 Å². The second-order valence-corrected chi connectivity index (χ2v) is 4.69. The molecule has 3 N–H and O–H groups in total. The topological polar surface area (TPSA) is 80.0 Å². The van der Waals surface area contributed by atoms with Gasteiger partial charge in [-0.15, -0.1) is 0 Å². The first kappa shape index (κ1) is 16.1. The van der Waals surface area contributed by atoms with Gasteiger partial charge in [0.15, 0.2) is 5.96 Å². The summed E-state index contributed by atoms with van der Waals surface area (Å²) in [5, 5.41) is 3.38. The molecular formula is C13H19ClN4O2. The van der Waals surface area contributed by atoms with E-state index in [4.69, 9.17) is 22.1 Å². The van der Waals surface area contributed by atoms with E-state index >= 15 is 0 Å². The fourth-order valence-electron chi connectivity index (χ4n) is 1.43. The molecule has 0 unspecified atom stereocenters. The van der Waals surface area contributed by atoms with Gasteiger partial charge in [0.1, 0.15) is 5.75 Å². The Labute approximate surface area is 123 Å². The number of nitrogens with zero attached hydrogens (tertiary/aromatic N) is 2. The van der Waals surface area contributed by atoms with Gasteiger partial charge in [-0.1, -0.05) is 11.6 Å². The van der Waals surface area contributed by atoms with Crippen LogP contribution in [0.3, 0.4) is 0 Å². The van der Waals surface area contributed by atoms with E-state index in [2.05, 4.69) is 10.3 Å². The summed E-state index contributed by atoms with van der Waals surface area (Å²) in [5.41, 5.74) is 6.43. The highest BCUT2D eigenvalue weighted by Crippen LogP contribution is 2.26. The number of nitrogens with one attached hydrogen (secondary N) is 1. The van der Waals surface area contributed by atoms with Crippen LogP contribution in [0.25, 0.3) is 0 Å². The summed E-state index contributed by atoms with van der Waals surface area (Å²) in [4.78, 5) is 17.0. The normalized spacial score (nSPS) is 11.1. The van der Waals surface area contributed by atoms with Gasteiger partial charge in [0.05, 0.1) is 18.7 Å². The number of guanidine groups is 1. The fraction of sp³-hybridized carbons (Fsp3) is 0.385. The van der Waals surface area contributed by atoms with Gasteiger partial charge < -0.3 is 20.7 Å². The number of benzene rings is 1. The largest absolute Gasteiger partial charge is 0.495 e. The van der Waals surface area contributed by atoms with Gasteiger partial charge in [-0.05, 0) is 18.2 Å². The van der Waals surface area contributed by atoms with E-state index in [1.807, 2.05) is 0 Å². The van der Waals surface area contributed by atoms with Crippen LogP contribution in [0.5, 0.6) is 5.75 Å². The van der Waals surface area contributed by atoms with Crippen LogP contribution >= 0.6 is 11.6 Å². The highest BCUT2D eigenvalue weighted by Gasteiger charge is 2.04. The monoisotopic (exact) mass is 298 g/mol. The van der Waals surface area contributed by atoms with Gasteiger partial charge in [0.25, 0.3) is 0 Å². The number of nitrogens with two attached hydrogens (primary N) is 1. The maximum Gasteiger partial charge on any atom is 0.223 e. The SMILES string of the molecule is COc1ccc(NC(N)=NCCC(=O)N(C)C)cc1Cl. The zero-order valence-corrected chi connectivity index (χ0v) is 12.6. The molecule has 0 aliphatic heterocycles. The molecule has 0 spiro atoms. The minimum atomic E-state index is 0.00837. The van der Waals surface area contributed by atoms with E-state index in [1.165, 1.54) is 4.90 Å². The predicted molar refractivity (Wildman–Crippen MR) is 81.4 cm³/mol. The molecule has 0 radical (unpaired) electrons. The van der Waals surface area contributed by atoms with Crippen molar-refractivity contribution in [2.75, 3.05) is 33.1 Å². The third-order valence-corrected chi connectivity index (χ3v) is 2.83. The number of methoxy groups -OCH3 is 1. The summed E-state index contributed by atoms with van der Waals surface area (Å²) >= 11 is 6.00. The molecule has 7 heteroatoms. The van der Waals surface area contributed by atoms with Gasteiger partial charge in [0, 0.05) is 26.2 Å². The molecule has 0 aliphatic rings. The molecule has 1 rings (SSSR count). The van der Waals surface area contributed by atoms with Crippen LogP contribution in [0.4, 0.5) is 5.69 Å². The Morgan fingerprint density at radius 3 is 2.75 bits per heavy atom. The standard InChI is InChI=1S/C13H19ClN4O2/c1-18(2)12(19)6-7-16-13(15)17-9-4-5-11(20-3)10(14)8-9/h4-5,8H,6-7H2,1-3H3,(H3,15,16,17). The third kappa shape index (κ3) is 4.97. The number of halogens is 1. The maximum absolute atomic E-state index is 11.4. The number of aliphatic imine (C=N–C) groups is 1. The van der Waals surface area contributed by atoms with E-state index in [-0.39, 0.29) is 11.9 Å². The van der Waals surface area contributed by atoms with E-state index in [1.54, 1.807) is 39.4 Å². The minimum absolute atomic E-state index is 0.00837. The number of anilines is 1. The predicted octanol–water partition coefficient (Wildman–Crippen LogP) is 1.55. The van der Waals surface area contributed by atoms with Gasteiger partial charge in [-0.3, -0.25) is 9.79 Å². The number of ether oxygens (including phenoxy) is 1. The first-order chi connectivity index (χ1) is 9.43. The van der Waals surface area contributed by atoms with Gasteiger partial charge in [0.2, 0.25) is 5.91 Å². The number of hydrogen-bond acceptors (Lipinski definition) is 3. The summed E-state index contributed by atoms with van der Waals surface area (Å²) < 4.78 is 5.06. The second kappa shape index (κ2) is 7.59.